The highest BCUT2D eigenvalue weighted by molar-refractivity contribution is 7.89. The number of hydrogen-bond donors (Lipinski definition) is 0. The Morgan fingerprint density at radius 2 is 2.04 bits per heavy atom. The van der Waals surface area contributed by atoms with Gasteiger partial charge in [0, 0.05) is 32.6 Å². The molecule has 0 amide bonds. The molecule has 0 N–H and O–H groups in total. The van der Waals surface area contributed by atoms with Crippen molar-refractivity contribution in [1.29, 1.82) is 5.26 Å². The predicted molar refractivity (Wildman–Crippen MR) is 88.5 cm³/mol. The van der Waals surface area contributed by atoms with E-state index in [2.05, 4.69) is 4.98 Å². The smallest absolute Gasteiger partial charge is 0.243 e. The van der Waals surface area contributed by atoms with Crippen molar-refractivity contribution in [1.82, 2.24) is 13.9 Å². The zero-order valence-electron chi connectivity index (χ0n) is 13.7. The van der Waals surface area contributed by atoms with E-state index in [1.807, 2.05) is 23.8 Å². The molecule has 0 fully saturated rings. The fraction of sp³-hybridized carbons (Fsp3) is 0.375. The van der Waals surface area contributed by atoms with Gasteiger partial charge in [-0.2, -0.15) is 9.57 Å². The van der Waals surface area contributed by atoms with Gasteiger partial charge in [0.05, 0.1) is 29.7 Å². The summed E-state index contributed by atoms with van der Waals surface area (Å²) in [7, 11) is -2.18. The number of ether oxygens (including phenoxy) is 1. The van der Waals surface area contributed by atoms with Gasteiger partial charge in [0.15, 0.2) is 0 Å². The summed E-state index contributed by atoms with van der Waals surface area (Å²) in [6.45, 7) is 3.34. The SMILES string of the molecule is CCn1ccnc1CN(CCOC)S(=O)(=O)c1ccc(C#N)cc1. The van der Waals surface area contributed by atoms with E-state index in [4.69, 9.17) is 10.00 Å². The second-order valence-electron chi connectivity index (χ2n) is 5.10. The quantitative estimate of drug-likeness (QED) is 0.723. The molecule has 0 saturated heterocycles. The van der Waals surface area contributed by atoms with Crippen LogP contribution in [0, 0.1) is 11.3 Å². The maximum atomic E-state index is 12.9. The second-order valence-corrected chi connectivity index (χ2v) is 7.03. The molecule has 0 aliphatic carbocycles. The largest absolute Gasteiger partial charge is 0.383 e. The number of imidazole rings is 1. The van der Waals surface area contributed by atoms with Gasteiger partial charge in [0.2, 0.25) is 10.0 Å². The van der Waals surface area contributed by atoms with Crippen LogP contribution in [0.1, 0.15) is 18.3 Å². The zero-order valence-corrected chi connectivity index (χ0v) is 14.5. The maximum absolute atomic E-state index is 12.9. The molecular formula is C16H20N4O3S. The van der Waals surface area contributed by atoms with Gasteiger partial charge in [0.25, 0.3) is 0 Å². The van der Waals surface area contributed by atoms with E-state index in [0.717, 1.165) is 0 Å². The molecule has 1 aromatic carbocycles. The summed E-state index contributed by atoms with van der Waals surface area (Å²) in [6, 6.07) is 7.86. The Balaban J connectivity index is 2.32. The molecule has 0 aliphatic heterocycles. The van der Waals surface area contributed by atoms with Crippen LogP contribution < -0.4 is 0 Å². The molecule has 2 aromatic rings. The topological polar surface area (TPSA) is 88.2 Å². The molecule has 0 spiro atoms. The molecule has 0 unspecified atom stereocenters. The van der Waals surface area contributed by atoms with Crippen LogP contribution in [-0.4, -0.2) is 42.5 Å². The molecule has 7 nitrogen and oxygen atoms in total. The second kappa shape index (κ2) is 8.06. The number of hydrogen-bond acceptors (Lipinski definition) is 5. The standard InChI is InChI=1S/C16H20N4O3S/c1-3-19-9-8-18-16(19)13-20(10-11-23-2)24(21,22)15-6-4-14(12-17)5-7-15/h4-9H,3,10-11,13H2,1-2H3. The molecule has 0 aliphatic rings. The van der Waals surface area contributed by atoms with Crippen LogP contribution in [0.25, 0.3) is 0 Å². The lowest BCUT2D eigenvalue weighted by Gasteiger charge is -2.22. The summed E-state index contributed by atoms with van der Waals surface area (Å²) in [5, 5.41) is 8.85. The normalized spacial score (nSPS) is 11.6. The molecule has 128 valence electrons. The van der Waals surface area contributed by atoms with Gasteiger partial charge >= 0.3 is 0 Å². The van der Waals surface area contributed by atoms with E-state index < -0.39 is 10.0 Å². The molecule has 1 aromatic heterocycles. The first-order chi connectivity index (χ1) is 11.5. The van der Waals surface area contributed by atoms with Gasteiger partial charge in [-0.1, -0.05) is 0 Å². The molecule has 0 atom stereocenters. The first-order valence-electron chi connectivity index (χ1n) is 7.52. The average molecular weight is 348 g/mol. The first-order valence-corrected chi connectivity index (χ1v) is 8.96. The third kappa shape index (κ3) is 4.00. The molecule has 0 bridgehead atoms. The lowest BCUT2D eigenvalue weighted by atomic mass is 10.2. The summed E-state index contributed by atoms with van der Waals surface area (Å²) < 4.78 is 34.1. The van der Waals surface area contributed by atoms with Gasteiger partial charge in [-0.25, -0.2) is 13.4 Å². The third-order valence-electron chi connectivity index (χ3n) is 3.63. The van der Waals surface area contributed by atoms with Crippen LogP contribution in [-0.2, 0) is 27.8 Å². The van der Waals surface area contributed by atoms with Crippen molar-refractivity contribution in [3.05, 3.63) is 48.0 Å². The molecule has 0 saturated carbocycles. The van der Waals surface area contributed by atoms with E-state index in [0.29, 0.717) is 17.9 Å². The van der Waals surface area contributed by atoms with Crippen LogP contribution in [0.2, 0.25) is 0 Å². The van der Waals surface area contributed by atoms with Crippen LogP contribution >= 0.6 is 0 Å². The molecule has 1 heterocycles. The van der Waals surface area contributed by atoms with Crippen molar-refractivity contribution in [2.75, 3.05) is 20.3 Å². The Kier molecular flexibility index (Phi) is 6.09. The maximum Gasteiger partial charge on any atom is 0.243 e. The molecule has 24 heavy (non-hydrogen) atoms. The fourth-order valence-corrected chi connectivity index (χ4v) is 3.64. The number of nitrogens with zero attached hydrogens (tertiary/aromatic N) is 4. The van der Waals surface area contributed by atoms with E-state index in [9.17, 15) is 8.42 Å². The molecule has 8 heteroatoms. The van der Waals surface area contributed by atoms with Gasteiger partial charge < -0.3 is 9.30 Å². The number of rotatable bonds is 8. The lowest BCUT2D eigenvalue weighted by Crippen LogP contribution is -2.34. The number of benzene rings is 1. The van der Waals surface area contributed by atoms with Crippen molar-refractivity contribution in [3.63, 3.8) is 0 Å². The van der Waals surface area contributed by atoms with Crippen molar-refractivity contribution < 1.29 is 13.2 Å². The monoisotopic (exact) mass is 348 g/mol. The van der Waals surface area contributed by atoms with E-state index in [1.165, 1.54) is 35.7 Å². The van der Waals surface area contributed by atoms with Crippen molar-refractivity contribution in [3.8, 4) is 6.07 Å². The van der Waals surface area contributed by atoms with Crippen molar-refractivity contribution in [2.24, 2.45) is 0 Å². The lowest BCUT2D eigenvalue weighted by molar-refractivity contribution is 0.176. The van der Waals surface area contributed by atoms with Crippen LogP contribution in [0.4, 0.5) is 0 Å². The third-order valence-corrected chi connectivity index (χ3v) is 5.49. The molecule has 2 rings (SSSR count). The minimum atomic E-state index is -3.71. The van der Waals surface area contributed by atoms with E-state index >= 15 is 0 Å². The van der Waals surface area contributed by atoms with Crippen LogP contribution in [0.5, 0.6) is 0 Å². The van der Waals surface area contributed by atoms with Gasteiger partial charge in [-0.3, -0.25) is 0 Å². The Hall–Kier alpha value is -2.21. The minimum absolute atomic E-state index is 0.146. The Labute approximate surface area is 142 Å². The molecular weight excluding hydrogens is 328 g/mol. The summed E-state index contributed by atoms with van der Waals surface area (Å²) in [5.41, 5.74) is 0.416. The van der Waals surface area contributed by atoms with Crippen LogP contribution in [0.15, 0.2) is 41.6 Å². The number of sulfonamides is 1. The minimum Gasteiger partial charge on any atom is -0.383 e. The highest BCUT2D eigenvalue weighted by atomic mass is 32.2. The fourth-order valence-electron chi connectivity index (χ4n) is 2.27. The Morgan fingerprint density at radius 3 is 2.62 bits per heavy atom. The number of aromatic nitrogens is 2. The summed E-state index contributed by atoms with van der Waals surface area (Å²) >= 11 is 0. The van der Waals surface area contributed by atoms with Gasteiger partial charge in [-0.15, -0.1) is 0 Å². The predicted octanol–water partition coefficient (Wildman–Crippen LogP) is 1.61. The first kappa shape index (κ1) is 18.1. The van der Waals surface area contributed by atoms with Crippen LogP contribution in [0.3, 0.4) is 0 Å². The summed E-state index contributed by atoms with van der Waals surface area (Å²) in [6.07, 6.45) is 3.47. The van der Waals surface area contributed by atoms with Crippen molar-refractivity contribution in [2.45, 2.75) is 24.9 Å². The Morgan fingerprint density at radius 1 is 1.33 bits per heavy atom. The summed E-state index contributed by atoms with van der Waals surface area (Å²) in [4.78, 5) is 4.39. The average Bonchev–Trinajstić information content (AvgIpc) is 3.05. The zero-order chi connectivity index (χ0) is 17.6. The highest BCUT2D eigenvalue weighted by Crippen LogP contribution is 2.18. The molecule has 0 radical (unpaired) electrons. The van der Waals surface area contributed by atoms with Gasteiger partial charge in [-0.05, 0) is 31.2 Å². The van der Waals surface area contributed by atoms with E-state index in [-0.39, 0.29) is 24.6 Å². The van der Waals surface area contributed by atoms with E-state index in [1.54, 1.807) is 6.20 Å². The number of methoxy groups -OCH3 is 1. The number of nitriles is 1. The summed E-state index contributed by atoms with van der Waals surface area (Å²) in [5.74, 6) is 0.672. The number of aryl methyl sites for hydroxylation is 1. The highest BCUT2D eigenvalue weighted by Gasteiger charge is 2.25. The van der Waals surface area contributed by atoms with Gasteiger partial charge in [0.1, 0.15) is 5.82 Å². The Bertz CT molecular complexity index is 807. The van der Waals surface area contributed by atoms with Crippen molar-refractivity contribution >= 4 is 10.0 Å².